The van der Waals surface area contributed by atoms with Crippen LogP contribution in [0.5, 0.6) is 0 Å². The van der Waals surface area contributed by atoms with Crippen molar-refractivity contribution in [3.05, 3.63) is 23.7 Å². The summed E-state index contributed by atoms with van der Waals surface area (Å²) in [5.41, 5.74) is 0. The maximum absolute atomic E-state index is 8.64. The van der Waals surface area contributed by atoms with Gasteiger partial charge in [0.15, 0.2) is 0 Å². The van der Waals surface area contributed by atoms with Crippen LogP contribution in [0.2, 0.25) is 0 Å². The predicted molar refractivity (Wildman–Crippen MR) is 65.2 cm³/mol. The molecule has 2 unspecified atom stereocenters. The lowest BCUT2D eigenvalue weighted by Gasteiger charge is -2.18. The zero-order valence-electron chi connectivity index (χ0n) is 9.40. The Bertz CT molecular complexity index is 383. The molecule has 2 atom stereocenters. The third kappa shape index (κ3) is 2.60. The van der Waals surface area contributed by atoms with Gasteiger partial charge >= 0.3 is 0 Å². The Kier molecular flexibility index (Phi) is 3.92. The Labute approximate surface area is 100 Å². The summed E-state index contributed by atoms with van der Waals surface area (Å²) in [6.45, 7) is 0.726. The van der Waals surface area contributed by atoms with E-state index in [0.29, 0.717) is 11.8 Å². The van der Waals surface area contributed by atoms with Crippen molar-refractivity contribution < 1.29 is 4.42 Å². The summed E-state index contributed by atoms with van der Waals surface area (Å²) in [6.07, 6.45) is 6.04. The van der Waals surface area contributed by atoms with Crippen LogP contribution in [0.15, 0.2) is 16.5 Å². The maximum atomic E-state index is 8.64. The summed E-state index contributed by atoms with van der Waals surface area (Å²) < 4.78 is 5.33. The summed E-state index contributed by atoms with van der Waals surface area (Å²) >= 11 is 1.94. The SMILES string of the molecule is CSC1CCCC1NCc1ccc(C#N)o1. The lowest BCUT2D eigenvalue weighted by atomic mass is 10.2. The number of rotatable bonds is 4. The van der Waals surface area contributed by atoms with Gasteiger partial charge in [-0.2, -0.15) is 17.0 Å². The van der Waals surface area contributed by atoms with E-state index >= 15 is 0 Å². The van der Waals surface area contributed by atoms with Gasteiger partial charge in [0.05, 0.1) is 6.54 Å². The molecular formula is C12H16N2OS. The van der Waals surface area contributed by atoms with E-state index in [-0.39, 0.29) is 0 Å². The van der Waals surface area contributed by atoms with Gasteiger partial charge in [-0.1, -0.05) is 6.42 Å². The molecule has 1 fully saturated rings. The molecule has 1 N–H and O–H groups in total. The third-order valence-electron chi connectivity index (χ3n) is 3.07. The zero-order chi connectivity index (χ0) is 11.4. The molecule has 0 bridgehead atoms. The second kappa shape index (κ2) is 5.42. The minimum absolute atomic E-state index is 0.393. The minimum atomic E-state index is 0.393. The Morgan fingerprint density at radius 2 is 2.44 bits per heavy atom. The van der Waals surface area contributed by atoms with Crippen molar-refractivity contribution in [1.29, 1.82) is 5.26 Å². The van der Waals surface area contributed by atoms with E-state index in [9.17, 15) is 0 Å². The summed E-state index contributed by atoms with van der Waals surface area (Å²) in [6, 6.07) is 6.17. The number of hydrogen-bond acceptors (Lipinski definition) is 4. The van der Waals surface area contributed by atoms with Gasteiger partial charge in [0.25, 0.3) is 0 Å². The van der Waals surface area contributed by atoms with Crippen LogP contribution in [0.25, 0.3) is 0 Å². The molecule has 1 heterocycles. The molecule has 1 saturated carbocycles. The second-order valence-electron chi connectivity index (χ2n) is 4.07. The van der Waals surface area contributed by atoms with Gasteiger partial charge in [-0.05, 0) is 31.2 Å². The van der Waals surface area contributed by atoms with Gasteiger partial charge < -0.3 is 9.73 Å². The van der Waals surface area contributed by atoms with E-state index in [1.807, 2.05) is 23.9 Å². The van der Waals surface area contributed by atoms with Crippen molar-refractivity contribution in [3.63, 3.8) is 0 Å². The van der Waals surface area contributed by atoms with Crippen LogP contribution in [0.4, 0.5) is 0 Å². The Balaban J connectivity index is 1.85. The maximum Gasteiger partial charge on any atom is 0.203 e. The van der Waals surface area contributed by atoms with Crippen LogP contribution in [-0.2, 0) is 6.54 Å². The summed E-state index contributed by atoms with van der Waals surface area (Å²) in [5, 5.41) is 12.9. The van der Waals surface area contributed by atoms with Crippen molar-refractivity contribution in [2.45, 2.75) is 37.1 Å². The molecule has 3 nitrogen and oxygen atoms in total. The quantitative estimate of drug-likeness (QED) is 0.872. The molecule has 0 radical (unpaired) electrons. The molecule has 86 valence electrons. The number of nitrogens with zero attached hydrogens (tertiary/aromatic N) is 1. The predicted octanol–water partition coefficient (Wildman–Crippen LogP) is 2.52. The van der Waals surface area contributed by atoms with Gasteiger partial charge in [-0.25, -0.2) is 0 Å². The van der Waals surface area contributed by atoms with Crippen LogP contribution in [-0.4, -0.2) is 17.5 Å². The van der Waals surface area contributed by atoms with E-state index in [1.165, 1.54) is 19.3 Å². The molecule has 1 aromatic rings. The highest BCUT2D eigenvalue weighted by atomic mass is 32.2. The summed E-state index contributed by atoms with van der Waals surface area (Å²) in [7, 11) is 0. The average molecular weight is 236 g/mol. The largest absolute Gasteiger partial charge is 0.449 e. The van der Waals surface area contributed by atoms with Gasteiger partial charge in [0.1, 0.15) is 11.8 Å². The van der Waals surface area contributed by atoms with E-state index in [2.05, 4.69) is 11.6 Å². The first-order chi connectivity index (χ1) is 7.83. The third-order valence-corrected chi connectivity index (χ3v) is 4.24. The van der Waals surface area contributed by atoms with Crippen LogP contribution in [0.1, 0.15) is 30.8 Å². The van der Waals surface area contributed by atoms with Crippen LogP contribution in [0.3, 0.4) is 0 Å². The highest BCUT2D eigenvalue weighted by molar-refractivity contribution is 7.99. The summed E-state index contributed by atoms with van der Waals surface area (Å²) in [5.74, 6) is 1.24. The van der Waals surface area contributed by atoms with Crippen molar-refractivity contribution in [2.75, 3.05) is 6.26 Å². The van der Waals surface area contributed by atoms with Crippen molar-refractivity contribution in [3.8, 4) is 6.07 Å². The Morgan fingerprint density at radius 1 is 1.56 bits per heavy atom. The number of furan rings is 1. The minimum Gasteiger partial charge on any atom is -0.449 e. The molecule has 0 spiro atoms. The number of nitrogens with one attached hydrogen (secondary N) is 1. The van der Waals surface area contributed by atoms with Gasteiger partial charge in [-0.3, -0.25) is 0 Å². The molecule has 0 aliphatic heterocycles. The van der Waals surface area contributed by atoms with Crippen LogP contribution < -0.4 is 5.32 Å². The van der Waals surface area contributed by atoms with E-state index < -0.39 is 0 Å². The Morgan fingerprint density at radius 3 is 3.12 bits per heavy atom. The van der Waals surface area contributed by atoms with E-state index in [0.717, 1.165) is 17.6 Å². The standard InChI is InChI=1S/C12H16N2OS/c1-16-12-4-2-3-11(12)14-8-10-6-5-9(7-13)15-10/h5-6,11-12,14H,2-4,8H2,1H3. The lowest BCUT2D eigenvalue weighted by Crippen LogP contribution is -2.33. The highest BCUT2D eigenvalue weighted by Gasteiger charge is 2.25. The van der Waals surface area contributed by atoms with Crippen LogP contribution in [0, 0.1) is 11.3 Å². The molecule has 0 aromatic carbocycles. The smallest absolute Gasteiger partial charge is 0.203 e. The topological polar surface area (TPSA) is 49.0 Å². The number of thioether (sulfide) groups is 1. The second-order valence-corrected chi connectivity index (χ2v) is 5.15. The van der Waals surface area contributed by atoms with Gasteiger partial charge in [-0.15, -0.1) is 0 Å². The zero-order valence-corrected chi connectivity index (χ0v) is 10.2. The molecule has 1 aliphatic rings. The van der Waals surface area contributed by atoms with Crippen molar-refractivity contribution in [2.24, 2.45) is 0 Å². The molecule has 16 heavy (non-hydrogen) atoms. The number of nitriles is 1. The average Bonchev–Trinajstić information content (AvgIpc) is 2.94. The van der Waals surface area contributed by atoms with Gasteiger partial charge in [0.2, 0.25) is 5.76 Å². The monoisotopic (exact) mass is 236 g/mol. The van der Waals surface area contributed by atoms with E-state index in [1.54, 1.807) is 6.07 Å². The Hall–Kier alpha value is -0.920. The molecule has 4 heteroatoms. The fourth-order valence-electron chi connectivity index (χ4n) is 2.21. The highest BCUT2D eigenvalue weighted by Crippen LogP contribution is 2.28. The van der Waals surface area contributed by atoms with E-state index in [4.69, 9.17) is 9.68 Å². The summed E-state index contributed by atoms with van der Waals surface area (Å²) in [4.78, 5) is 0. The van der Waals surface area contributed by atoms with Crippen molar-refractivity contribution in [1.82, 2.24) is 5.32 Å². The first-order valence-corrected chi connectivity index (χ1v) is 6.87. The molecule has 1 aromatic heterocycles. The molecular weight excluding hydrogens is 220 g/mol. The number of hydrogen-bond donors (Lipinski definition) is 1. The molecule has 0 amide bonds. The fourth-order valence-corrected chi connectivity index (χ4v) is 3.17. The lowest BCUT2D eigenvalue weighted by molar-refractivity contribution is 0.443. The molecule has 2 rings (SSSR count). The van der Waals surface area contributed by atoms with Gasteiger partial charge in [0, 0.05) is 11.3 Å². The first-order valence-electron chi connectivity index (χ1n) is 5.58. The van der Waals surface area contributed by atoms with Crippen LogP contribution >= 0.6 is 11.8 Å². The molecule has 1 aliphatic carbocycles. The molecule has 0 saturated heterocycles. The fraction of sp³-hybridized carbons (Fsp3) is 0.583. The van der Waals surface area contributed by atoms with Crippen molar-refractivity contribution >= 4 is 11.8 Å². The normalized spacial score (nSPS) is 24.5. The first kappa shape index (κ1) is 11.6.